The van der Waals surface area contributed by atoms with Crippen LogP contribution in [0.1, 0.15) is 66.1 Å². The molecule has 1 aromatic heterocycles. The molecule has 176 valence electrons. The standard InChI is InChI=1S/C20H41ClN2O3S2Si2/c1-18(2,3)29(10,11)23-28(21,24)16-15(14-26-30(12,13)19(4,5)6)22-17(27-16)20(7,8)25-9/h14H2,1-13H3. The minimum absolute atomic E-state index is 0.0612. The molecule has 0 aliphatic rings. The molecule has 1 atom stereocenters. The molecule has 5 nitrogen and oxygen atoms in total. The SMILES string of the molecule is COC(C)(C)c1nc(CO[Si](C)(C)C(C)(C)C)c(S(=O)(Cl)=N[Si](C)(C)C(C)(C)C)s1. The van der Waals surface area contributed by atoms with Crippen molar-refractivity contribution in [1.29, 1.82) is 0 Å². The van der Waals surface area contributed by atoms with Gasteiger partial charge in [0.2, 0.25) is 0 Å². The van der Waals surface area contributed by atoms with Crippen LogP contribution in [-0.4, -0.2) is 32.9 Å². The monoisotopic (exact) mass is 512 g/mol. The second-order valence-electron chi connectivity index (χ2n) is 11.4. The van der Waals surface area contributed by atoms with Crippen LogP contribution in [0.15, 0.2) is 8.24 Å². The number of halogens is 1. The van der Waals surface area contributed by atoms with Gasteiger partial charge in [-0.3, -0.25) is 4.03 Å². The van der Waals surface area contributed by atoms with Gasteiger partial charge in [-0.2, -0.15) is 0 Å². The van der Waals surface area contributed by atoms with Gasteiger partial charge in [0.05, 0.1) is 12.3 Å². The Hall–Kier alpha value is 0.224. The number of ether oxygens (including phenoxy) is 1. The lowest BCUT2D eigenvalue weighted by atomic mass is 10.1. The Morgan fingerprint density at radius 1 is 1.03 bits per heavy atom. The number of thiazole rings is 1. The molecule has 10 heteroatoms. The first-order valence-corrected chi connectivity index (χ1v) is 19.3. The Morgan fingerprint density at radius 2 is 1.53 bits per heavy atom. The molecule has 1 heterocycles. The number of aromatic nitrogens is 1. The third-order valence-electron chi connectivity index (χ3n) is 6.47. The molecule has 0 saturated carbocycles. The summed E-state index contributed by atoms with van der Waals surface area (Å²) in [5.74, 6) is 0. The lowest BCUT2D eigenvalue weighted by Crippen LogP contribution is -2.40. The summed E-state index contributed by atoms with van der Waals surface area (Å²) in [5, 5.41) is 0.723. The van der Waals surface area contributed by atoms with Gasteiger partial charge in [0.15, 0.2) is 25.5 Å². The maximum Gasteiger partial charge on any atom is 0.194 e. The zero-order chi connectivity index (χ0) is 24.0. The molecule has 0 saturated heterocycles. The molecule has 0 aliphatic carbocycles. The number of hydrogen-bond donors (Lipinski definition) is 0. The lowest BCUT2D eigenvalue weighted by Gasteiger charge is -2.36. The van der Waals surface area contributed by atoms with E-state index in [1.807, 2.05) is 13.8 Å². The first kappa shape index (κ1) is 28.3. The number of nitrogens with zero attached hydrogens (tertiary/aromatic N) is 2. The molecule has 0 aliphatic heterocycles. The topological polar surface area (TPSA) is 60.8 Å². The lowest BCUT2D eigenvalue weighted by molar-refractivity contribution is 0.0188. The molecule has 1 unspecified atom stereocenters. The smallest absolute Gasteiger partial charge is 0.194 e. The molecule has 1 aromatic rings. The molecular formula is C20H41ClN2O3S2Si2. The van der Waals surface area contributed by atoms with E-state index < -0.39 is 31.1 Å². The van der Waals surface area contributed by atoms with Crippen molar-refractivity contribution in [3.05, 3.63) is 10.7 Å². The third kappa shape index (κ3) is 6.39. The van der Waals surface area contributed by atoms with E-state index in [1.54, 1.807) is 7.11 Å². The fourth-order valence-electron chi connectivity index (χ4n) is 1.91. The van der Waals surface area contributed by atoms with Crippen molar-refractivity contribution in [3.8, 4) is 0 Å². The summed E-state index contributed by atoms with van der Waals surface area (Å²) in [6.07, 6.45) is 0. The van der Waals surface area contributed by atoms with Gasteiger partial charge < -0.3 is 9.16 Å². The Bertz CT molecular complexity index is 876. The van der Waals surface area contributed by atoms with E-state index in [2.05, 4.69) is 67.7 Å². The van der Waals surface area contributed by atoms with Crippen molar-refractivity contribution in [1.82, 2.24) is 4.98 Å². The molecule has 0 aromatic carbocycles. The first-order valence-electron chi connectivity index (χ1n) is 10.2. The largest absolute Gasteiger partial charge is 0.411 e. The van der Waals surface area contributed by atoms with Crippen molar-refractivity contribution in [2.75, 3.05) is 7.11 Å². The van der Waals surface area contributed by atoms with Gasteiger partial charge in [-0.15, -0.1) is 11.3 Å². The van der Waals surface area contributed by atoms with Crippen LogP contribution in [0, 0.1) is 0 Å². The van der Waals surface area contributed by atoms with Crippen LogP contribution in [0.5, 0.6) is 0 Å². The molecule has 0 radical (unpaired) electrons. The summed E-state index contributed by atoms with van der Waals surface area (Å²) in [5.41, 5.74) is 0.00490. The molecule has 0 N–H and O–H groups in total. The number of methoxy groups -OCH3 is 1. The highest BCUT2D eigenvalue weighted by Crippen LogP contribution is 2.42. The van der Waals surface area contributed by atoms with Crippen LogP contribution in [0.25, 0.3) is 0 Å². The van der Waals surface area contributed by atoms with Crippen LogP contribution in [0.4, 0.5) is 0 Å². The summed E-state index contributed by atoms with van der Waals surface area (Å²) in [4.78, 5) is 4.78. The normalized spacial score (nSPS) is 16.5. The second kappa shape index (κ2) is 8.87. The predicted octanol–water partition coefficient (Wildman–Crippen LogP) is 7.53. The quantitative estimate of drug-likeness (QED) is 0.279. The average Bonchev–Trinajstić information content (AvgIpc) is 2.96. The van der Waals surface area contributed by atoms with Gasteiger partial charge in [0, 0.05) is 17.8 Å². The van der Waals surface area contributed by atoms with Crippen molar-refractivity contribution < 1.29 is 13.4 Å². The molecular weight excluding hydrogens is 472 g/mol. The first-order chi connectivity index (χ1) is 13.1. The zero-order valence-electron chi connectivity index (χ0n) is 21.0. The van der Waals surface area contributed by atoms with E-state index >= 15 is 0 Å². The van der Waals surface area contributed by atoms with Crippen molar-refractivity contribution >= 4 is 47.5 Å². The molecule has 1 rings (SSSR count). The minimum Gasteiger partial charge on any atom is -0.411 e. The maximum atomic E-state index is 13.7. The Balaban J connectivity index is 3.59. The van der Waals surface area contributed by atoms with Gasteiger partial charge >= 0.3 is 0 Å². The van der Waals surface area contributed by atoms with E-state index in [-0.39, 0.29) is 16.7 Å². The molecule has 0 spiro atoms. The average molecular weight is 513 g/mol. The Labute approximate surface area is 195 Å². The van der Waals surface area contributed by atoms with E-state index in [0.29, 0.717) is 9.90 Å². The molecule has 30 heavy (non-hydrogen) atoms. The highest BCUT2D eigenvalue weighted by atomic mass is 35.7. The van der Waals surface area contributed by atoms with Gasteiger partial charge in [0.25, 0.3) is 0 Å². The van der Waals surface area contributed by atoms with Gasteiger partial charge in [-0.1, -0.05) is 41.5 Å². The van der Waals surface area contributed by atoms with E-state index in [9.17, 15) is 4.21 Å². The van der Waals surface area contributed by atoms with E-state index in [4.69, 9.17) is 28.9 Å². The summed E-state index contributed by atoms with van der Waals surface area (Å²) in [7, 11) is 0.928. The fraction of sp³-hybridized carbons (Fsp3) is 0.850. The van der Waals surface area contributed by atoms with Gasteiger partial charge in [-0.05, 0) is 50.1 Å². The van der Waals surface area contributed by atoms with Crippen LogP contribution < -0.4 is 0 Å². The minimum atomic E-state index is -3.14. The highest BCUT2D eigenvalue weighted by molar-refractivity contribution is 8.17. The Kier molecular flexibility index (Phi) is 8.36. The summed E-state index contributed by atoms with van der Waals surface area (Å²) in [6.45, 7) is 25.7. The van der Waals surface area contributed by atoms with Crippen LogP contribution in [0.2, 0.25) is 36.3 Å². The zero-order valence-corrected chi connectivity index (χ0v) is 25.4. The van der Waals surface area contributed by atoms with Crippen LogP contribution in [0.3, 0.4) is 0 Å². The van der Waals surface area contributed by atoms with E-state index in [1.165, 1.54) is 11.3 Å². The van der Waals surface area contributed by atoms with Crippen LogP contribution in [-0.2, 0) is 30.3 Å². The maximum absolute atomic E-state index is 13.7. The number of hydrogen-bond acceptors (Lipinski definition) is 6. The third-order valence-corrected chi connectivity index (χ3v) is 21.6. The fourth-order valence-corrected chi connectivity index (χ4v) is 11.0. The van der Waals surface area contributed by atoms with Gasteiger partial charge in [-0.25, -0.2) is 9.19 Å². The van der Waals surface area contributed by atoms with Crippen LogP contribution >= 0.6 is 22.0 Å². The molecule has 0 fully saturated rings. The summed E-state index contributed by atoms with van der Waals surface area (Å²) in [6, 6.07) is 0. The number of rotatable bonds is 7. The Morgan fingerprint density at radius 3 is 1.93 bits per heavy atom. The summed E-state index contributed by atoms with van der Waals surface area (Å²) < 4.78 is 31.0. The van der Waals surface area contributed by atoms with Crippen molar-refractivity contribution in [2.45, 2.75) is 108 Å². The molecule has 0 amide bonds. The van der Waals surface area contributed by atoms with E-state index in [0.717, 1.165) is 5.01 Å². The van der Waals surface area contributed by atoms with Gasteiger partial charge in [0.1, 0.15) is 14.8 Å². The molecule has 0 bridgehead atoms. The predicted molar refractivity (Wildman–Crippen MR) is 136 cm³/mol. The summed E-state index contributed by atoms with van der Waals surface area (Å²) >= 11 is 1.33. The highest BCUT2D eigenvalue weighted by Gasteiger charge is 2.40. The van der Waals surface area contributed by atoms with Crippen molar-refractivity contribution in [3.63, 3.8) is 0 Å². The second-order valence-corrected chi connectivity index (χ2v) is 25.4. The van der Waals surface area contributed by atoms with Crippen molar-refractivity contribution in [2.24, 2.45) is 4.03 Å².